The standard InChI is InChI=1S/C16H20N4O2S/c1-11-18-14(20-22-11)12-5-3-6-13(9-12)19-15(21)17-10-16(2)7-4-8-23-16/h3,5-6,9H,4,7-8,10H2,1-2H3,(H2,17,19,21)/t16-/m1/s1. The highest BCUT2D eigenvalue weighted by atomic mass is 32.2. The molecule has 0 bridgehead atoms. The Morgan fingerprint density at radius 1 is 1.48 bits per heavy atom. The van der Waals surface area contributed by atoms with Crippen LogP contribution in [0.3, 0.4) is 0 Å². The molecule has 3 rings (SSSR count). The highest BCUT2D eigenvalue weighted by Crippen LogP contribution is 2.36. The lowest BCUT2D eigenvalue weighted by Gasteiger charge is -2.22. The Kier molecular flexibility index (Phi) is 4.56. The van der Waals surface area contributed by atoms with Gasteiger partial charge in [-0.1, -0.05) is 17.3 Å². The minimum atomic E-state index is -0.194. The number of nitrogens with one attached hydrogen (secondary N) is 2. The van der Waals surface area contributed by atoms with Gasteiger partial charge in [0.1, 0.15) is 0 Å². The van der Waals surface area contributed by atoms with Crippen molar-refractivity contribution in [1.82, 2.24) is 15.5 Å². The van der Waals surface area contributed by atoms with Gasteiger partial charge >= 0.3 is 6.03 Å². The molecule has 0 saturated carbocycles. The number of carbonyl (C=O) groups excluding carboxylic acids is 1. The average Bonchev–Trinajstić information content (AvgIpc) is 3.15. The molecule has 1 aliphatic heterocycles. The van der Waals surface area contributed by atoms with E-state index in [1.807, 2.05) is 36.0 Å². The largest absolute Gasteiger partial charge is 0.339 e. The summed E-state index contributed by atoms with van der Waals surface area (Å²) in [7, 11) is 0. The second kappa shape index (κ2) is 6.62. The van der Waals surface area contributed by atoms with E-state index in [4.69, 9.17) is 4.52 Å². The van der Waals surface area contributed by atoms with E-state index in [0.29, 0.717) is 23.9 Å². The van der Waals surface area contributed by atoms with Crippen molar-refractivity contribution >= 4 is 23.5 Å². The molecule has 1 saturated heterocycles. The molecule has 7 heteroatoms. The number of amides is 2. The molecule has 0 unspecified atom stereocenters. The Labute approximate surface area is 139 Å². The lowest BCUT2D eigenvalue weighted by atomic mass is 10.1. The first-order chi connectivity index (χ1) is 11.0. The molecular weight excluding hydrogens is 312 g/mol. The van der Waals surface area contributed by atoms with Crippen molar-refractivity contribution in [2.24, 2.45) is 0 Å². The number of benzene rings is 1. The number of hydrogen-bond acceptors (Lipinski definition) is 5. The van der Waals surface area contributed by atoms with Crippen molar-refractivity contribution in [1.29, 1.82) is 0 Å². The molecule has 0 radical (unpaired) electrons. The summed E-state index contributed by atoms with van der Waals surface area (Å²) in [5.41, 5.74) is 1.50. The minimum Gasteiger partial charge on any atom is -0.339 e. The third-order valence-corrected chi connectivity index (χ3v) is 5.37. The predicted molar refractivity (Wildman–Crippen MR) is 91.6 cm³/mol. The van der Waals surface area contributed by atoms with Crippen LogP contribution < -0.4 is 10.6 Å². The van der Waals surface area contributed by atoms with Crippen molar-refractivity contribution in [2.75, 3.05) is 17.6 Å². The van der Waals surface area contributed by atoms with Gasteiger partial charge in [-0.3, -0.25) is 0 Å². The van der Waals surface area contributed by atoms with E-state index in [2.05, 4.69) is 27.7 Å². The molecular formula is C16H20N4O2S. The van der Waals surface area contributed by atoms with E-state index in [9.17, 15) is 4.79 Å². The maximum absolute atomic E-state index is 12.1. The lowest BCUT2D eigenvalue weighted by Crippen LogP contribution is -2.39. The van der Waals surface area contributed by atoms with E-state index in [-0.39, 0.29) is 10.8 Å². The molecule has 2 N–H and O–H groups in total. The van der Waals surface area contributed by atoms with Crippen molar-refractivity contribution < 1.29 is 9.32 Å². The second-order valence-corrected chi connectivity index (χ2v) is 7.61. The van der Waals surface area contributed by atoms with Gasteiger partial charge in [0.15, 0.2) is 0 Å². The summed E-state index contributed by atoms with van der Waals surface area (Å²) in [6, 6.07) is 7.20. The van der Waals surface area contributed by atoms with Crippen LogP contribution in [0.2, 0.25) is 0 Å². The van der Waals surface area contributed by atoms with Gasteiger partial charge in [0, 0.05) is 29.5 Å². The summed E-state index contributed by atoms with van der Waals surface area (Å²) in [5, 5.41) is 9.70. The van der Waals surface area contributed by atoms with E-state index in [1.54, 1.807) is 6.92 Å². The maximum atomic E-state index is 12.1. The Morgan fingerprint density at radius 3 is 3.04 bits per heavy atom. The summed E-state index contributed by atoms with van der Waals surface area (Å²) >= 11 is 1.93. The van der Waals surface area contributed by atoms with Crippen molar-refractivity contribution in [3.05, 3.63) is 30.2 Å². The highest BCUT2D eigenvalue weighted by Gasteiger charge is 2.29. The molecule has 2 amide bonds. The van der Waals surface area contributed by atoms with Crippen LogP contribution in [0.5, 0.6) is 0 Å². The fourth-order valence-electron chi connectivity index (χ4n) is 2.57. The summed E-state index contributed by atoms with van der Waals surface area (Å²) < 4.78 is 5.14. The van der Waals surface area contributed by atoms with Crippen LogP contribution in [0, 0.1) is 6.92 Å². The van der Waals surface area contributed by atoms with Crippen LogP contribution >= 0.6 is 11.8 Å². The van der Waals surface area contributed by atoms with Crippen LogP contribution in [0.1, 0.15) is 25.7 Å². The summed E-state index contributed by atoms with van der Waals surface area (Å²) in [6.07, 6.45) is 2.36. The van der Waals surface area contributed by atoms with Crippen LogP contribution in [-0.4, -0.2) is 33.2 Å². The number of aryl methyl sites for hydroxylation is 1. The first kappa shape index (κ1) is 15.9. The van der Waals surface area contributed by atoms with Crippen molar-refractivity contribution in [3.63, 3.8) is 0 Å². The SMILES string of the molecule is Cc1nc(-c2cccc(NC(=O)NC[C@@]3(C)CCCS3)c2)no1. The highest BCUT2D eigenvalue weighted by molar-refractivity contribution is 8.00. The molecule has 2 aromatic rings. The molecule has 1 fully saturated rings. The molecule has 0 aliphatic carbocycles. The first-order valence-corrected chi connectivity index (χ1v) is 8.62. The molecule has 1 aliphatic rings. The van der Waals surface area contributed by atoms with Crippen molar-refractivity contribution in [2.45, 2.75) is 31.4 Å². The zero-order valence-corrected chi connectivity index (χ0v) is 14.1. The number of hydrogen-bond donors (Lipinski definition) is 2. The Hall–Kier alpha value is -2.02. The van der Waals surface area contributed by atoms with Gasteiger partial charge in [0.2, 0.25) is 11.7 Å². The molecule has 6 nitrogen and oxygen atoms in total. The van der Waals surface area contributed by atoms with Gasteiger partial charge < -0.3 is 15.2 Å². The lowest BCUT2D eigenvalue weighted by molar-refractivity contribution is 0.251. The van der Waals surface area contributed by atoms with Crippen LogP contribution in [0.25, 0.3) is 11.4 Å². The summed E-state index contributed by atoms with van der Waals surface area (Å²) in [4.78, 5) is 16.3. The third kappa shape index (κ3) is 4.04. The average molecular weight is 332 g/mol. The number of urea groups is 1. The molecule has 2 heterocycles. The van der Waals surface area contributed by atoms with E-state index in [0.717, 1.165) is 12.0 Å². The topological polar surface area (TPSA) is 80.0 Å². The van der Waals surface area contributed by atoms with Crippen LogP contribution in [0.15, 0.2) is 28.8 Å². The molecule has 23 heavy (non-hydrogen) atoms. The molecule has 1 atom stereocenters. The number of nitrogens with zero attached hydrogens (tertiary/aromatic N) is 2. The normalized spacial score (nSPS) is 20.4. The smallest absolute Gasteiger partial charge is 0.319 e. The van der Waals surface area contributed by atoms with E-state index < -0.39 is 0 Å². The second-order valence-electron chi connectivity index (χ2n) is 5.93. The van der Waals surface area contributed by atoms with Gasteiger partial charge in [-0.2, -0.15) is 16.7 Å². The predicted octanol–water partition coefficient (Wildman–Crippen LogP) is 3.45. The summed E-state index contributed by atoms with van der Waals surface area (Å²) in [6.45, 7) is 4.62. The zero-order valence-electron chi connectivity index (χ0n) is 13.3. The number of rotatable bonds is 4. The maximum Gasteiger partial charge on any atom is 0.319 e. The van der Waals surface area contributed by atoms with Gasteiger partial charge in [-0.05, 0) is 37.7 Å². The minimum absolute atomic E-state index is 0.154. The number of thioether (sulfide) groups is 1. The third-order valence-electron chi connectivity index (χ3n) is 3.83. The monoisotopic (exact) mass is 332 g/mol. The van der Waals surface area contributed by atoms with Crippen molar-refractivity contribution in [3.8, 4) is 11.4 Å². The van der Waals surface area contributed by atoms with Crippen LogP contribution in [0.4, 0.5) is 10.5 Å². The molecule has 0 spiro atoms. The Bertz CT molecular complexity index is 695. The van der Waals surface area contributed by atoms with Gasteiger partial charge in [0.05, 0.1) is 0 Å². The molecule has 1 aromatic carbocycles. The molecule has 122 valence electrons. The van der Waals surface area contributed by atoms with E-state index in [1.165, 1.54) is 12.2 Å². The van der Waals surface area contributed by atoms with Gasteiger partial charge in [-0.25, -0.2) is 4.79 Å². The van der Waals surface area contributed by atoms with E-state index >= 15 is 0 Å². The zero-order chi connectivity index (χ0) is 16.3. The van der Waals surface area contributed by atoms with Gasteiger partial charge in [0.25, 0.3) is 0 Å². The number of aromatic nitrogens is 2. The first-order valence-electron chi connectivity index (χ1n) is 7.64. The quantitative estimate of drug-likeness (QED) is 0.896. The Balaban J connectivity index is 1.60. The summed E-state index contributed by atoms with van der Waals surface area (Å²) in [5.74, 6) is 2.20. The molecule has 1 aromatic heterocycles. The fourth-order valence-corrected chi connectivity index (χ4v) is 3.82. The Morgan fingerprint density at radius 2 is 2.35 bits per heavy atom. The fraction of sp³-hybridized carbons (Fsp3) is 0.438. The number of anilines is 1. The number of carbonyl (C=O) groups is 1. The van der Waals surface area contributed by atoms with Crippen LogP contribution in [-0.2, 0) is 0 Å². The van der Waals surface area contributed by atoms with Gasteiger partial charge in [-0.15, -0.1) is 0 Å².